The minimum Gasteiger partial charge on any atom is -0.315 e. The van der Waals surface area contributed by atoms with Crippen molar-refractivity contribution >= 4 is 10.0 Å². The van der Waals surface area contributed by atoms with Gasteiger partial charge in [-0.2, -0.15) is 0 Å². The number of nitrogens with zero attached hydrogens (tertiary/aromatic N) is 1. The highest BCUT2D eigenvalue weighted by Crippen LogP contribution is 2.14. The van der Waals surface area contributed by atoms with E-state index in [2.05, 4.69) is 5.32 Å². The van der Waals surface area contributed by atoms with Crippen LogP contribution < -0.4 is 5.32 Å². The Morgan fingerprint density at radius 3 is 2.46 bits per heavy atom. The number of nitrogens with one attached hydrogen (secondary N) is 1. The summed E-state index contributed by atoms with van der Waals surface area (Å²) < 4.78 is 24.9. The fourth-order valence-electron chi connectivity index (χ4n) is 1.49. The van der Waals surface area contributed by atoms with Crippen LogP contribution in [0.5, 0.6) is 0 Å². The van der Waals surface area contributed by atoms with Gasteiger partial charge in [-0.05, 0) is 26.8 Å². The molecule has 0 spiro atoms. The first-order valence-electron chi connectivity index (χ1n) is 4.64. The third-order valence-electron chi connectivity index (χ3n) is 2.55. The van der Waals surface area contributed by atoms with E-state index >= 15 is 0 Å². The lowest BCUT2D eigenvalue weighted by atomic mass is 10.3. The van der Waals surface area contributed by atoms with Crippen molar-refractivity contribution in [1.29, 1.82) is 0 Å². The lowest BCUT2D eigenvalue weighted by Gasteiger charge is -2.24. The van der Waals surface area contributed by atoms with Crippen LogP contribution in [0, 0.1) is 0 Å². The van der Waals surface area contributed by atoms with Gasteiger partial charge in [-0.1, -0.05) is 0 Å². The summed E-state index contributed by atoms with van der Waals surface area (Å²) in [6, 6.07) is 0.146. The molecule has 0 bridgehead atoms. The predicted octanol–water partition coefficient (Wildman–Crippen LogP) is 0.0183. The Bertz CT molecular complexity index is 255. The van der Waals surface area contributed by atoms with Crippen LogP contribution in [-0.2, 0) is 10.0 Å². The quantitative estimate of drug-likeness (QED) is 0.708. The zero-order valence-electron chi connectivity index (χ0n) is 8.45. The van der Waals surface area contributed by atoms with Gasteiger partial charge >= 0.3 is 0 Å². The predicted molar refractivity (Wildman–Crippen MR) is 53.1 cm³/mol. The maximum absolute atomic E-state index is 11.7. The Morgan fingerprint density at radius 2 is 2.08 bits per heavy atom. The maximum Gasteiger partial charge on any atom is 0.216 e. The van der Waals surface area contributed by atoms with Gasteiger partial charge in [-0.3, -0.25) is 0 Å². The van der Waals surface area contributed by atoms with Gasteiger partial charge < -0.3 is 5.32 Å². The maximum atomic E-state index is 11.7. The average Bonchev–Trinajstić information content (AvgIpc) is 2.54. The fraction of sp³-hybridized carbons (Fsp3) is 1.00. The molecule has 0 aromatic heterocycles. The van der Waals surface area contributed by atoms with Crippen molar-refractivity contribution in [3.05, 3.63) is 0 Å². The van der Waals surface area contributed by atoms with Crippen LogP contribution in [0.2, 0.25) is 0 Å². The van der Waals surface area contributed by atoms with Gasteiger partial charge in [0.2, 0.25) is 10.0 Å². The van der Waals surface area contributed by atoms with Crippen LogP contribution >= 0.6 is 0 Å². The molecule has 1 rings (SSSR count). The third-order valence-corrected chi connectivity index (χ3v) is 4.84. The SMILES string of the molecule is CC(C)S(=O)(=O)N(C)C1CCNC1. The van der Waals surface area contributed by atoms with Gasteiger partial charge in [0.05, 0.1) is 5.25 Å². The number of hydrogen-bond donors (Lipinski definition) is 1. The van der Waals surface area contributed by atoms with Crippen molar-refractivity contribution in [3.8, 4) is 0 Å². The molecule has 1 saturated heterocycles. The molecule has 0 amide bonds. The molecule has 78 valence electrons. The van der Waals surface area contributed by atoms with E-state index in [0.29, 0.717) is 0 Å². The summed E-state index contributed by atoms with van der Waals surface area (Å²) in [4.78, 5) is 0. The Hall–Kier alpha value is -0.130. The summed E-state index contributed by atoms with van der Waals surface area (Å²) in [7, 11) is -1.39. The first-order valence-corrected chi connectivity index (χ1v) is 6.14. The van der Waals surface area contributed by atoms with Gasteiger partial charge in [-0.15, -0.1) is 0 Å². The zero-order valence-corrected chi connectivity index (χ0v) is 9.26. The molecule has 1 aliphatic rings. The second kappa shape index (κ2) is 3.94. The van der Waals surface area contributed by atoms with E-state index in [-0.39, 0.29) is 11.3 Å². The van der Waals surface area contributed by atoms with Crippen LogP contribution in [0.15, 0.2) is 0 Å². The highest BCUT2D eigenvalue weighted by atomic mass is 32.2. The molecule has 1 atom stereocenters. The van der Waals surface area contributed by atoms with Crippen molar-refractivity contribution in [3.63, 3.8) is 0 Å². The van der Waals surface area contributed by atoms with Crippen LogP contribution in [0.25, 0.3) is 0 Å². The summed E-state index contributed by atoms with van der Waals surface area (Å²) in [5, 5.41) is 2.84. The molecule has 5 heteroatoms. The molecule has 0 aromatic carbocycles. The van der Waals surface area contributed by atoms with Crippen molar-refractivity contribution in [2.75, 3.05) is 20.1 Å². The van der Waals surface area contributed by atoms with Gasteiger partial charge in [0.1, 0.15) is 0 Å². The molecule has 0 radical (unpaired) electrons. The molecule has 1 fully saturated rings. The van der Waals surface area contributed by atoms with Crippen molar-refractivity contribution in [2.45, 2.75) is 31.6 Å². The molecular formula is C8H18N2O2S. The Morgan fingerprint density at radius 1 is 1.46 bits per heavy atom. The molecular weight excluding hydrogens is 188 g/mol. The van der Waals surface area contributed by atoms with Gasteiger partial charge in [0.25, 0.3) is 0 Å². The smallest absolute Gasteiger partial charge is 0.216 e. The minimum atomic E-state index is -3.07. The van der Waals surface area contributed by atoms with Crippen LogP contribution in [-0.4, -0.2) is 44.2 Å². The van der Waals surface area contributed by atoms with E-state index < -0.39 is 10.0 Å². The monoisotopic (exact) mass is 206 g/mol. The Balaban J connectivity index is 2.71. The molecule has 0 aliphatic carbocycles. The van der Waals surface area contributed by atoms with Crippen LogP contribution in [0.4, 0.5) is 0 Å². The lowest BCUT2D eigenvalue weighted by molar-refractivity contribution is 0.383. The molecule has 1 unspecified atom stereocenters. The lowest BCUT2D eigenvalue weighted by Crippen LogP contribution is -2.41. The molecule has 0 aromatic rings. The van der Waals surface area contributed by atoms with Crippen molar-refractivity contribution < 1.29 is 8.42 Å². The molecule has 4 nitrogen and oxygen atoms in total. The minimum absolute atomic E-state index is 0.146. The molecule has 1 heterocycles. The summed E-state index contributed by atoms with van der Waals surface area (Å²) in [5.41, 5.74) is 0. The van der Waals surface area contributed by atoms with E-state index in [1.54, 1.807) is 20.9 Å². The standard InChI is InChI=1S/C8H18N2O2S/c1-7(2)13(11,12)10(3)8-4-5-9-6-8/h7-9H,4-6H2,1-3H3. The normalized spacial score (nSPS) is 24.5. The topological polar surface area (TPSA) is 49.4 Å². The van der Waals surface area contributed by atoms with Crippen LogP contribution in [0.1, 0.15) is 20.3 Å². The van der Waals surface area contributed by atoms with Gasteiger partial charge in [-0.25, -0.2) is 12.7 Å². The number of rotatable bonds is 3. The summed E-state index contributed by atoms with van der Waals surface area (Å²) in [6.07, 6.45) is 0.919. The van der Waals surface area contributed by atoms with Crippen molar-refractivity contribution in [1.82, 2.24) is 9.62 Å². The highest BCUT2D eigenvalue weighted by molar-refractivity contribution is 7.89. The van der Waals surface area contributed by atoms with E-state index in [4.69, 9.17) is 0 Å². The molecule has 1 aliphatic heterocycles. The van der Waals surface area contributed by atoms with Gasteiger partial charge in [0, 0.05) is 19.6 Å². The first kappa shape index (κ1) is 10.9. The highest BCUT2D eigenvalue weighted by Gasteiger charge is 2.30. The summed E-state index contributed by atoms with van der Waals surface area (Å²) in [6.45, 7) is 5.13. The second-order valence-electron chi connectivity index (χ2n) is 3.76. The van der Waals surface area contributed by atoms with Crippen molar-refractivity contribution in [2.24, 2.45) is 0 Å². The number of likely N-dealkylation sites (N-methyl/N-ethyl adjacent to an activating group) is 1. The third kappa shape index (κ3) is 2.21. The van der Waals surface area contributed by atoms with E-state index in [1.807, 2.05) is 0 Å². The largest absolute Gasteiger partial charge is 0.315 e. The second-order valence-corrected chi connectivity index (χ2v) is 6.31. The number of hydrogen-bond acceptors (Lipinski definition) is 3. The molecule has 1 N–H and O–H groups in total. The number of sulfonamides is 1. The first-order chi connectivity index (χ1) is 5.96. The van der Waals surface area contributed by atoms with E-state index in [1.165, 1.54) is 4.31 Å². The Kier molecular flexibility index (Phi) is 3.32. The Labute approximate surface area is 80.4 Å². The van der Waals surface area contributed by atoms with Crippen LogP contribution in [0.3, 0.4) is 0 Å². The summed E-state index contributed by atoms with van der Waals surface area (Å²) in [5.74, 6) is 0. The van der Waals surface area contributed by atoms with E-state index in [0.717, 1.165) is 19.5 Å². The zero-order chi connectivity index (χ0) is 10.1. The summed E-state index contributed by atoms with van der Waals surface area (Å²) >= 11 is 0. The fourth-order valence-corrected chi connectivity index (χ4v) is 2.75. The molecule has 0 saturated carbocycles. The average molecular weight is 206 g/mol. The van der Waals surface area contributed by atoms with Gasteiger partial charge in [0.15, 0.2) is 0 Å². The van der Waals surface area contributed by atoms with E-state index in [9.17, 15) is 8.42 Å². The molecule has 13 heavy (non-hydrogen) atoms.